The summed E-state index contributed by atoms with van der Waals surface area (Å²) in [6.07, 6.45) is 2.79. The van der Waals surface area contributed by atoms with Crippen molar-refractivity contribution >= 4 is 25.8 Å². The number of benzene rings is 2. The third-order valence-electron chi connectivity index (χ3n) is 6.06. The van der Waals surface area contributed by atoms with Gasteiger partial charge in [0.25, 0.3) is 5.91 Å². The maximum Gasteiger partial charge on any atom is 0.251 e. The molecule has 0 spiro atoms. The smallest absolute Gasteiger partial charge is 0.251 e. The van der Waals surface area contributed by atoms with Crippen LogP contribution in [-0.2, 0) is 33.0 Å². The van der Waals surface area contributed by atoms with Crippen molar-refractivity contribution < 1.29 is 21.6 Å². The monoisotopic (exact) mass is 491 g/mol. The van der Waals surface area contributed by atoms with Gasteiger partial charge in [-0.05, 0) is 67.7 Å². The van der Waals surface area contributed by atoms with Crippen molar-refractivity contribution in [2.45, 2.75) is 43.3 Å². The quantitative estimate of drug-likeness (QED) is 0.581. The lowest BCUT2D eigenvalue weighted by atomic mass is 10.1. The molecule has 1 atom stereocenters. The first kappa shape index (κ1) is 23.9. The molecule has 2 N–H and O–H groups in total. The highest BCUT2D eigenvalue weighted by atomic mass is 32.2. The zero-order valence-corrected chi connectivity index (χ0v) is 20.0. The van der Waals surface area contributed by atoms with Crippen LogP contribution in [0.3, 0.4) is 0 Å². The van der Waals surface area contributed by atoms with E-state index in [4.69, 9.17) is 0 Å². The minimum atomic E-state index is -3.85. The minimum absolute atomic E-state index is 0.00283. The molecule has 4 rings (SSSR count). The zero-order chi connectivity index (χ0) is 23.5. The summed E-state index contributed by atoms with van der Waals surface area (Å²) in [5.74, 6) is -0.498. The van der Waals surface area contributed by atoms with Gasteiger partial charge in [-0.25, -0.2) is 21.6 Å². The molecule has 0 bridgehead atoms. The molecule has 2 fully saturated rings. The topological polar surface area (TPSA) is 113 Å². The summed E-state index contributed by atoms with van der Waals surface area (Å²) in [4.78, 5) is 14.9. The number of sulfone groups is 1. The number of nitrogens with one attached hydrogen (secondary N) is 2. The second kappa shape index (κ2) is 9.92. The van der Waals surface area contributed by atoms with Crippen LogP contribution in [-0.4, -0.2) is 58.3 Å². The van der Waals surface area contributed by atoms with Crippen LogP contribution in [0.4, 0.5) is 0 Å². The number of hydrogen-bond donors (Lipinski definition) is 2. The van der Waals surface area contributed by atoms with Crippen LogP contribution in [0.2, 0.25) is 0 Å². The van der Waals surface area contributed by atoms with Crippen molar-refractivity contribution in [1.29, 1.82) is 0 Å². The van der Waals surface area contributed by atoms with Crippen molar-refractivity contribution in [3.8, 4) is 0 Å². The van der Waals surface area contributed by atoms with E-state index < -0.39 is 25.9 Å². The number of sulfonamides is 1. The first-order valence-corrected chi connectivity index (χ1v) is 14.4. The summed E-state index contributed by atoms with van der Waals surface area (Å²) < 4.78 is 50.6. The molecule has 0 radical (unpaired) electrons. The molecule has 2 aliphatic rings. The van der Waals surface area contributed by atoms with Gasteiger partial charge >= 0.3 is 0 Å². The van der Waals surface area contributed by atoms with E-state index in [1.807, 2.05) is 12.1 Å². The Morgan fingerprint density at radius 2 is 1.61 bits per heavy atom. The Bertz CT molecular complexity index is 1190. The molecule has 2 aliphatic heterocycles. The van der Waals surface area contributed by atoms with E-state index in [1.54, 1.807) is 0 Å². The summed E-state index contributed by atoms with van der Waals surface area (Å²) >= 11 is 0. The van der Waals surface area contributed by atoms with Crippen LogP contribution in [0.5, 0.6) is 0 Å². The molecule has 0 saturated carbocycles. The lowest BCUT2D eigenvalue weighted by molar-refractivity contribution is 0.0950. The number of hydrogen-bond acceptors (Lipinski definition) is 6. The van der Waals surface area contributed by atoms with E-state index in [-0.39, 0.29) is 28.7 Å². The summed E-state index contributed by atoms with van der Waals surface area (Å²) in [6, 6.07) is 13.2. The SMILES string of the molecule is O=C(NCc1ccc(CN2CCCC2)cc1)c1ccc(S(=O)(=O)NC2CCS(=O)(=O)C2)cc1. The molecule has 178 valence electrons. The Morgan fingerprint density at radius 1 is 0.970 bits per heavy atom. The average Bonchev–Trinajstić information content (AvgIpc) is 3.41. The number of rotatable bonds is 8. The van der Waals surface area contributed by atoms with Crippen LogP contribution in [0.25, 0.3) is 0 Å². The van der Waals surface area contributed by atoms with E-state index in [2.05, 4.69) is 27.1 Å². The van der Waals surface area contributed by atoms with Gasteiger partial charge in [-0.3, -0.25) is 9.69 Å². The molecule has 8 nitrogen and oxygen atoms in total. The molecule has 1 unspecified atom stereocenters. The van der Waals surface area contributed by atoms with Crippen LogP contribution >= 0.6 is 0 Å². The molecule has 0 aromatic heterocycles. The molecule has 2 aromatic carbocycles. The third-order valence-corrected chi connectivity index (χ3v) is 9.37. The molecule has 0 aliphatic carbocycles. The minimum Gasteiger partial charge on any atom is -0.348 e. The molecular formula is C23H29N3O5S2. The van der Waals surface area contributed by atoms with Gasteiger partial charge < -0.3 is 5.32 Å². The Labute approximate surface area is 195 Å². The average molecular weight is 492 g/mol. The van der Waals surface area contributed by atoms with Gasteiger partial charge in [0.2, 0.25) is 10.0 Å². The normalized spacial score (nSPS) is 20.7. The lowest BCUT2D eigenvalue weighted by Crippen LogP contribution is -2.35. The maximum atomic E-state index is 12.5. The van der Waals surface area contributed by atoms with Crippen LogP contribution in [0.1, 0.15) is 40.7 Å². The van der Waals surface area contributed by atoms with Gasteiger partial charge in [-0.2, -0.15) is 0 Å². The Morgan fingerprint density at radius 3 is 2.21 bits per heavy atom. The van der Waals surface area contributed by atoms with E-state index in [0.717, 1.165) is 25.2 Å². The largest absolute Gasteiger partial charge is 0.348 e. The predicted octanol–water partition coefficient (Wildman–Crippen LogP) is 1.68. The molecule has 1 amide bonds. The second-order valence-corrected chi connectivity index (χ2v) is 12.7. The first-order chi connectivity index (χ1) is 15.7. The fraction of sp³-hybridized carbons (Fsp3) is 0.435. The van der Waals surface area contributed by atoms with Crippen LogP contribution in [0.15, 0.2) is 53.4 Å². The van der Waals surface area contributed by atoms with E-state index in [1.165, 1.54) is 42.7 Å². The van der Waals surface area contributed by atoms with Crippen molar-refractivity contribution in [3.05, 3.63) is 65.2 Å². The van der Waals surface area contributed by atoms with Gasteiger partial charge in [0.1, 0.15) is 0 Å². The third kappa shape index (κ3) is 6.41. The molecule has 10 heteroatoms. The standard InChI is InChI=1S/C23H29N3O5S2/c27-23(24-15-18-3-5-19(6-4-18)16-26-12-1-2-13-26)20-7-9-22(10-8-20)33(30,31)25-21-11-14-32(28,29)17-21/h3-10,21,25H,1-2,11-17H2,(H,24,27). The fourth-order valence-corrected chi connectivity index (χ4v) is 7.26. The fourth-order valence-electron chi connectivity index (χ4n) is 4.21. The van der Waals surface area contributed by atoms with E-state index in [9.17, 15) is 21.6 Å². The van der Waals surface area contributed by atoms with Gasteiger partial charge in [0, 0.05) is 24.7 Å². The number of nitrogens with zero attached hydrogens (tertiary/aromatic N) is 1. The Balaban J connectivity index is 1.30. The van der Waals surface area contributed by atoms with Gasteiger partial charge in [-0.1, -0.05) is 24.3 Å². The lowest BCUT2D eigenvalue weighted by Gasteiger charge is -2.14. The number of carbonyl (C=O) groups is 1. The van der Waals surface area contributed by atoms with Gasteiger partial charge in [0.15, 0.2) is 9.84 Å². The molecular weight excluding hydrogens is 462 g/mol. The number of amides is 1. The summed E-state index contributed by atoms with van der Waals surface area (Å²) in [6.45, 7) is 3.63. The Hall–Kier alpha value is -2.27. The van der Waals surface area contributed by atoms with E-state index >= 15 is 0 Å². The van der Waals surface area contributed by atoms with Crippen LogP contribution in [0, 0.1) is 0 Å². The molecule has 2 saturated heterocycles. The molecule has 2 aromatic rings. The highest BCUT2D eigenvalue weighted by molar-refractivity contribution is 7.92. The second-order valence-electron chi connectivity index (χ2n) is 8.73. The highest BCUT2D eigenvalue weighted by Gasteiger charge is 2.31. The summed E-state index contributed by atoms with van der Waals surface area (Å²) in [5.41, 5.74) is 2.60. The molecule has 33 heavy (non-hydrogen) atoms. The van der Waals surface area contributed by atoms with Crippen molar-refractivity contribution in [3.63, 3.8) is 0 Å². The predicted molar refractivity (Wildman–Crippen MR) is 126 cm³/mol. The van der Waals surface area contributed by atoms with E-state index in [0.29, 0.717) is 12.1 Å². The maximum absolute atomic E-state index is 12.5. The van der Waals surface area contributed by atoms with Crippen molar-refractivity contribution in [2.24, 2.45) is 0 Å². The van der Waals surface area contributed by atoms with Crippen molar-refractivity contribution in [1.82, 2.24) is 14.9 Å². The first-order valence-electron chi connectivity index (χ1n) is 11.1. The van der Waals surface area contributed by atoms with Crippen LogP contribution < -0.4 is 10.0 Å². The number of likely N-dealkylation sites (tertiary alicyclic amines) is 1. The van der Waals surface area contributed by atoms with Gasteiger partial charge in [0.05, 0.1) is 16.4 Å². The highest BCUT2D eigenvalue weighted by Crippen LogP contribution is 2.17. The van der Waals surface area contributed by atoms with Gasteiger partial charge in [-0.15, -0.1) is 0 Å². The molecule has 2 heterocycles. The Kier molecular flexibility index (Phi) is 7.18. The summed E-state index contributed by atoms with van der Waals surface area (Å²) in [5, 5.41) is 2.85. The number of carbonyl (C=O) groups excluding carboxylic acids is 1. The zero-order valence-electron chi connectivity index (χ0n) is 18.4. The van der Waals surface area contributed by atoms with Crippen molar-refractivity contribution in [2.75, 3.05) is 24.6 Å². The summed E-state index contributed by atoms with van der Waals surface area (Å²) in [7, 11) is -7.04.